The smallest absolute Gasteiger partial charge is 0.103 e. The van der Waals surface area contributed by atoms with Crippen LogP contribution in [0.4, 0.5) is 0 Å². The normalized spacial score (nSPS) is 38.1. The van der Waals surface area contributed by atoms with E-state index < -0.39 is 4.33 Å². The average molecular weight is 165 g/mol. The lowest BCUT2D eigenvalue weighted by Crippen LogP contribution is -2.01. The van der Waals surface area contributed by atoms with Crippen LogP contribution in [0.1, 0.15) is 19.8 Å². The van der Waals surface area contributed by atoms with Crippen molar-refractivity contribution in [1.29, 1.82) is 0 Å². The Labute approximate surface area is 65.8 Å². The minimum atomic E-state index is -0.471. The molecule has 0 aliphatic heterocycles. The van der Waals surface area contributed by atoms with Crippen molar-refractivity contribution in [2.24, 2.45) is 5.41 Å². The first-order chi connectivity index (χ1) is 4.02. The van der Waals surface area contributed by atoms with Crippen molar-refractivity contribution in [3.05, 3.63) is 12.7 Å². The van der Waals surface area contributed by atoms with Crippen LogP contribution in [0.2, 0.25) is 0 Å². The molecule has 1 saturated carbocycles. The summed E-state index contributed by atoms with van der Waals surface area (Å²) in [6.07, 6.45) is 3.68. The Morgan fingerprint density at radius 1 is 1.67 bits per heavy atom. The molecule has 9 heavy (non-hydrogen) atoms. The van der Waals surface area contributed by atoms with Crippen LogP contribution in [-0.2, 0) is 0 Å². The second-order valence-corrected chi connectivity index (χ2v) is 4.42. The Morgan fingerprint density at radius 3 is 2.22 bits per heavy atom. The van der Waals surface area contributed by atoms with Crippen molar-refractivity contribution in [1.82, 2.24) is 0 Å². The fourth-order valence-corrected chi connectivity index (χ4v) is 1.73. The van der Waals surface area contributed by atoms with Gasteiger partial charge in [0.25, 0.3) is 0 Å². The van der Waals surface area contributed by atoms with Crippen molar-refractivity contribution in [3.63, 3.8) is 0 Å². The lowest BCUT2D eigenvalue weighted by Gasteiger charge is -2.06. The van der Waals surface area contributed by atoms with Crippen molar-refractivity contribution in [3.8, 4) is 0 Å². The number of allylic oxidation sites excluding steroid dienone is 1. The highest BCUT2D eigenvalue weighted by Gasteiger charge is 2.61. The number of rotatable bonds is 2. The molecule has 52 valence electrons. The van der Waals surface area contributed by atoms with Crippen LogP contribution in [0.5, 0.6) is 0 Å². The van der Waals surface area contributed by atoms with E-state index in [0.29, 0.717) is 0 Å². The summed E-state index contributed by atoms with van der Waals surface area (Å²) in [4.78, 5) is 0. The summed E-state index contributed by atoms with van der Waals surface area (Å²) >= 11 is 11.7. The molecule has 0 unspecified atom stereocenters. The van der Waals surface area contributed by atoms with Crippen molar-refractivity contribution >= 4 is 23.2 Å². The van der Waals surface area contributed by atoms with E-state index in [1.807, 2.05) is 6.08 Å². The molecular formula is C7H10Cl2. The standard InChI is InChI=1S/C7H10Cl2/c1-3-4-6(2)5-7(6,8)9/h3H,1,4-5H2,2H3/t6-/m1/s1. The van der Waals surface area contributed by atoms with Gasteiger partial charge in [-0.25, -0.2) is 0 Å². The minimum absolute atomic E-state index is 0.109. The Hall–Kier alpha value is 0.320. The number of alkyl halides is 2. The predicted octanol–water partition coefficient (Wildman–Crippen LogP) is 3.15. The monoisotopic (exact) mass is 164 g/mol. The van der Waals surface area contributed by atoms with Gasteiger partial charge in [0.05, 0.1) is 0 Å². The Morgan fingerprint density at radius 2 is 2.11 bits per heavy atom. The third-order valence-electron chi connectivity index (χ3n) is 1.97. The zero-order chi connectivity index (χ0) is 7.12. The van der Waals surface area contributed by atoms with Crippen LogP contribution < -0.4 is 0 Å². The van der Waals surface area contributed by atoms with E-state index in [-0.39, 0.29) is 5.41 Å². The van der Waals surface area contributed by atoms with Gasteiger partial charge < -0.3 is 0 Å². The number of halogens is 2. The van der Waals surface area contributed by atoms with E-state index in [1.54, 1.807) is 0 Å². The largest absolute Gasteiger partial charge is 0.124 e. The molecule has 0 bridgehead atoms. The zero-order valence-corrected chi connectivity index (χ0v) is 6.97. The van der Waals surface area contributed by atoms with Crippen LogP contribution in [-0.4, -0.2) is 4.33 Å². The van der Waals surface area contributed by atoms with Gasteiger partial charge in [-0.15, -0.1) is 29.8 Å². The summed E-state index contributed by atoms with van der Waals surface area (Å²) in [6.45, 7) is 5.71. The van der Waals surface area contributed by atoms with E-state index in [2.05, 4.69) is 13.5 Å². The summed E-state index contributed by atoms with van der Waals surface area (Å²) in [5.41, 5.74) is 0.109. The van der Waals surface area contributed by atoms with Gasteiger partial charge in [-0.05, 0) is 12.8 Å². The maximum Gasteiger partial charge on any atom is 0.124 e. The average Bonchev–Trinajstić information content (AvgIpc) is 2.07. The van der Waals surface area contributed by atoms with E-state index in [0.717, 1.165) is 12.8 Å². The van der Waals surface area contributed by atoms with Gasteiger partial charge in [-0.3, -0.25) is 0 Å². The second-order valence-electron chi connectivity index (χ2n) is 2.93. The molecular weight excluding hydrogens is 155 g/mol. The lowest BCUT2D eigenvalue weighted by atomic mass is 10.1. The summed E-state index contributed by atoms with van der Waals surface area (Å²) in [5, 5.41) is 0. The fourth-order valence-electron chi connectivity index (χ4n) is 0.986. The summed E-state index contributed by atoms with van der Waals surface area (Å²) < 4.78 is -0.471. The predicted molar refractivity (Wildman–Crippen MR) is 42.0 cm³/mol. The van der Waals surface area contributed by atoms with Gasteiger partial charge in [-0.1, -0.05) is 13.0 Å². The molecule has 0 N–H and O–H groups in total. The molecule has 0 nitrogen and oxygen atoms in total. The van der Waals surface area contributed by atoms with Crippen LogP contribution in [0.25, 0.3) is 0 Å². The van der Waals surface area contributed by atoms with Crippen LogP contribution in [0, 0.1) is 5.41 Å². The molecule has 1 fully saturated rings. The van der Waals surface area contributed by atoms with Crippen LogP contribution in [0.15, 0.2) is 12.7 Å². The van der Waals surface area contributed by atoms with E-state index in [4.69, 9.17) is 23.2 Å². The Kier molecular flexibility index (Phi) is 1.57. The highest BCUT2D eigenvalue weighted by molar-refractivity contribution is 6.51. The summed E-state index contributed by atoms with van der Waals surface area (Å²) in [5.74, 6) is 0. The van der Waals surface area contributed by atoms with Gasteiger partial charge in [0.2, 0.25) is 0 Å². The van der Waals surface area contributed by atoms with Gasteiger partial charge in [-0.2, -0.15) is 0 Å². The Bertz CT molecular complexity index is 140. The summed E-state index contributed by atoms with van der Waals surface area (Å²) in [7, 11) is 0. The highest BCUT2D eigenvalue weighted by atomic mass is 35.5. The number of hydrogen-bond acceptors (Lipinski definition) is 0. The molecule has 1 rings (SSSR count). The molecule has 0 aromatic heterocycles. The molecule has 0 radical (unpaired) electrons. The molecule has 2 heteroatoms. The van der Waals surface area contributed by atoms with Crippen LogP contribution in [0.3, 0.4) is 0 Å². The summed E-state index contributed by atoms with van der Waals surface area (Å²) in [6, 6.07) is 0. The molecule has 1 atom stereocenters. The quantitative estimate of drug-likeness (QED) is 0.435. The van der Waals surface area contributed by atoms with Crippen LogP contribution >= 0.6 is 23.2 Å². The highest BCUT2D eigenvalue weighted by Crippen LogP contribution is 2.65. The van der Waals surface area contributed by atoms with Crippen molar-refractivity contribution in [2.75, 3.05) is 0 Å². The third-order valence-corrected chi connectivity index (χ3v) is 3.14. The first kappa shape index (κ1) is 7.43. The van der Waals surface area contributed by atoms with Crippen molar-refractivity contribution < 1.29 is 0 Å². The maximum absolute atomic E-state index is 5.84. The van der Waals surface area contributed by atoms with Gasteiger partial charge in [0.15, 0.2) is 0 Å². The maximum atomic E-state index is 5.84. The SMILES string of the molecule is C=CC[C@]1(C)CC1(Cl)Cl. The molecule has 0 aromatic carbocycles. The molecule has 0 saturated heterocycles. The topological polar surface area (TPSA) is 0 Å². The Balaban J connectivity index is 2.52. The van der Waals surface area contributed by atoms with Gasteiger partial charge in [0.1, 0.15) is 4.33 Å². The van der Waals surface area contributed by atoms with Gasteiger partial charge in [0, 0.05) is 5.41 Å². The zero-order valence-electron chi connectivity index (χ0n) is 5.45. The molecule has 1 aliphatic carbocycles. The lowest BCUT2D eigenvalue weighted by molar-refractivity contribution is 0.575. The first-order valence-electron chi connectivity index (χ1n) is 3.01. The number of hydrogen-bond donors (Lipinski definition) is 0. The molecule has 0 spiro atoms. The minimum Gasteiger partial charge on any atom is -0.103 e. The van der Waals surface area contributed by atoms with Gasteiger partial charge >= 0.3 is 0 Å². The molecule has 0 aromatic rings. The molecule has 0 heterocycles. The van der Waals surface area contributed by atoms with E-state index >= 15 is 0 Å². The molecule has 1 aliphatic rings. The second kappa shape index (κ2) is 1.90. The third kappa shape index (κ3) is 1.11. The van der Waals surface area contributed by atoms with Crippen molar-refractivity contribution in [2.45, 2.75) is 24.1 Å². The fraction of sp³-hybridized carbons (Fsp3) is 0.714. The first-order valence-corrected chi connectivity index (χ1v) is 3.76. The van der Waals surface area contributed by atoms with E-state index in [1.165, 1.54) is 0 Å². The molecule has 0 amide bonds. The van der Waals surface area contributed by atoms with E-state index in [9.17, 15) is 0 Å².